The molecule has 0 spiro atoms. The molecule has 192 valence electrons. The monoisotopic (exact) mass is 481 g/mol. The van der Waals surface area contributed by atoms with E-state index in [0.717, 1.165) is 75.8 Å². The molecule has 1 aromatic heterocycles. The van der Waals surface area contributed by atoms with Crippen LogP contribution >= 0.6 is 0 Å². The van der Waals surface area contributed by atoms with Gasteiger partial charge in [0.15, 0.2) is 0 Å². The molecule has 2 heterocycles. The van der Waals surface area contributed by atoms with Crippen LogP contribution in [0.3, 0.4) is 0 Å². The van der Waals surface area contributed by atoms with Gasteiger partial charge in [-0.15, -0.1) is 0 Å². The van der Waals surface area contributed by atoms with Gasteiger partial charge in [0.1, 0.15) is 17.4 Å². The normalized spacial score (nSPS) is 21.8. The van der Waals surface area contributed by atoms with Crippen molar-refractivity contribution in [3.8, 4) is 5.75 Å². The summed E-state index contributed by atoms with van der Waals surface area (Å²) in [6.07, 6.45) is 12.1. The summed E-state index contributed by atoms with van der Waals surface area (Å²) in [6, 6.07) is 8.65. The molecule has 2 fully saturated rings. The molecule has 1 aromatic carbocycles. The van der Waals surface area contributed by atoms with E-state index in [0.29, 0.717) is 19.1 Å². The Kier molecular flexibility index (Phi) is 9.78. The summed E-state index contributed by atoms with van der Waals surface area (Å²) >= 11 is 0. The van der Waals surface area contributed by atoms with Crippen molar-refractivity contribution in [3.05, 3.63) is 36.0 Å². The van der Waals surface area contributed by atoms with Crippen molar-refractivity contribution in [1.29, 1.82) is 0 Å². The molecule has 0 radical (unpaired) electrons. The van der Waals surface area contributed by atoms with Gasteiger partial charge in [0.2, 0.25) is 5.91 Å². The van der Waals surface area contributed by atoms with Crippen LogP contribution in [0.15, 0.2) is 30.5 Å². The zero-order valence-electron chi connectivity index (χ0n) is 21.6. The first-order chi connectivity index (χ1) is 17.2. The number of nitrogens with one attached hydrogen (secondary N) is 1. The third-order valence-corrected chi connectivity index (χ3v) is 7.72. The molecule has 1 aliphatic carbocycles. The van der Waals surface area contributed by atoms with E-state index < -0.39 is 0 Å². The Morgan fingerprint density at radius 2 is 1.94 bits per heavy atom. The average Bonchev–Trinajstić information content (AvgIpc) is 2.89. The van der Waals surface area contributed by atoms with Gasteiger partial charge in [-0.2, -0.15) is 0 Å². The number of amides is 1. The first-order valence-corrected chi connectivity index (χ1v) is 13.7. The Morgan fingerprint density at radius 1 is 1.14 bits per heavy atom. The van der Waals surface area contributed by atoms with Crippen LogP contribution in [-0.2, 0) is 16.0 Å². The minimum Gasteiger partial charge on any atom is -0.488 e. The molecule has 1 aliphatic heterocycles. The average molecular weight is 482 g/mol. The molecule has 1 saturated heterocycles. The number of hydrogen-bond donors (Lipinski definition) is 1. The van der Waals surface area contributed by atoms with Crippen molar-refractivity contribution in [2.24, 2.45) is 11.8 Å². The number of unbranched alkanes of at least 4 members (excludes halogenated alkanes) is 1. The number of nitrogens with zero attached hydrogens (tertiary/aromatic N) is 2. The number of rotatable bonds is 11. The fourth-order valence-electron chi connectivity index (χ4n) is 5.62. The maximum absolute atomic E-state index is 12.3. The summed E-state index contributed by atoms with van der Waals surface area (Å²) in [5, 5.41) is 4.18. The lowest BCUT2D eigenvalue weighted by molar-refractivity contribution is -0.126. The Balaban J connectivity index is 1.23. The van der Waals surface area contributed by atoms with Crippen molar-refractivity contribution in [2.45, 2.75) is 70.8 Å². The molecule has 6 heteroatoms. The number of benzene rings is 1. The second-order valence-corrected chi connectivity index (χ2v) is 10.4. The van der Waals surface area contributed by atoms with Crippen molar-refractivity contribution in [3.63, 3.8) is 0 Å². The van der Waals surface area contributed by atoms with E-state index in [1.165, 1.54) is 23.8 Å². The topological polar surface area (TPSA) is 63.7 Å². The zero-order chi connectivity index (χ0) is 24.5. The van der Waals surface area contributed by atoms with E-state index in [9.17, 15) is 4.79 Å². The highest BCUT2D eigenvalue weighted by Crippen LogP contribution is 2.32. The van der Waals surface area contributed by atoms with Crippen molar-refractivity contribution in [2.75, 3.05) is 39.9 Å². The Labute approximate surface area is 210 Å². The van der Waals surface area contributed by atoms with Gasteiger partial charge in [-0.3, -0.25) is 9.78 Å². The van der Waals surface area contributed by atoms with Gasteiger partial charge in [-0.1, -0.05) is 19.4 Å². The minimum atomic E-state index is 0.179. The van der Waals surface area contributed by atoms with Crippen LogP contribution < -0.4 is 10.1 Å². The second-order valence-electron chi connectivity index (χ2n) is 10.4. The van der Waals surface area contributed by atoms with Crippen LogP contribution in [0.25, 0.3) is 10.9 Å². The first-order valence-electron chi connectivity index (χ1n) is 13.7. The molecule has 4 rings (SSSR count). The van der Waals surface area contributed by atoms with E-state index in [-0.39, 0.29) is 17.9 Å². The van der Waals surface area contributed by atoms with Gasteiger partial charge >= 0.3 is 0 Å². The summed E-state index contributed by atoms with van der Waals surface area (Å²) < 4.78 is 11.6. The molecular formula is C29H43N3O3. The largest absolute Gasteiger partial charge is 0.488 e. The van der Waals surface area contributed by atoms with Crippen LogP contribution in [0.2, 0.25) is 0 Å². The van der Waals surface area contributed by atoms with Gasteiger partial charge in [0.05, 0.1) is 6.61 Å². The van der Waals surface area contributed by atoms with E-state index in [2.05, 4.69) is 40.3 Å². The Hall–Kier alpha value is -2.18. The van der Waals surface area contributed by atoms with Crippen molar-refractivity contribution in [1.82, 2.24) is 15.2 Å². The van der Waals surface area contributed by atoms with Gasteiger partial charge in [0, 0.05) is 50.8 Å². The summed E-state index contributed by atoms with van der Waals surface area (Å²) in [7, 11) is 1.66. The lowest BCUT2D eigenvalue weighted by Crippen LogP contribution is -2.42. The fraction of sp³-hybridized carbons (Fsp3) is 0.655. The van der Waals surface area contributed by atoms with Crippen LogP contribution in [0.1, 0.15) is 63.9 Å². The molecule has 2 aromatic rings. The highest BCUT2D eigenvalue weighted by atomic mass is 16.5. The van der Waals surface area contributed by atoms with Crippen LogP contribution in [0, 0.1) is 11.8 Å². The summed E-state index contributed by atoms with van der Waals surface area (Å²) in [5.74, 6) is 2.05. The number of carbonyl (C=O) groups is 1. The SMILES string of the molecule is CCCCc1cc(OC2CCN(CC3CCC(C(=O)NCCOC)CC3)CC2)c2ncccc2c1. The molecule has 1 amide bonds. The highest BCUT2D eigenvalue weighted by Gasteiger charge is 2.29. The summed E-state index contributed by atoms with van der Waals surface area (Å²) in [5.41, 5.74) is 2.33. The number of pyridine rings is 1. The molecule has 35 heavy (non-hydrogen) atoms. The Bertz CT molecular complexity index is 934. The van der Waals surface area contributed by atoms with Crippen LogP contribution in [0.4, 0.5) is 0 Å². The first kappa shape index (κ1) is 25.9. The lowest BCUT2D eigenvalue weighted by atomic mass is 9.81. The third kappa shape index (κ3) is 7.40. The van der Waals surface area contributed by atoms with Gasteiger partial charge in [-0.25, -0.2) is 0 Å². The number of methoxy groups -OCH3 is 1. The highest BCUT2D eigenvalue weighted by molar-refractivity contribution is 5.85. The van der Waals surface area contributed by atoms with E-state index in [1.807, 2.05) is 12.3 Å². The molecule has 6 nitrogen and oxygen atoms in total. The second kappa shape index (κ2) is 13.2. The van der Waals surface area contributed by atoms with Gasteiger partial charge < -0.3 is 19.7 Å². The molecular weight excluding hydrogens is 438 g/mol. The predicted molar refractivity (Wildman–Crippen MR) is 141 cm³/mol. The lowest BCUT2D eigenvalue weighted by Gasteiger charge is -2.36. The molecule has 1 saturated carbocycles. The number of aromatic nitrogens is 1. The molecule has 2 aliphatic rings. The number of piperidine rings is 1. The fourth-order valence-corrected chi connectivity index (χ4v) is 5.62. The quantitative estimate of drug-likeness (QED) is 0.458. The van der Waals surface area contributed by atoms with E-state index >= 15 is 0 Å². The smallest absolute Gasteiger partial charge is 0.223 e. The van der Waals surface area contributed by atoms with Crippen LogP contribution in [0.5, 0.6) is 5.75 Å². The Morgan fingerprint density at radius 3 is 2.69 bits per heavy atom. The van der Waals surface area contributed by atoms with Gasteiger partial charge in [0.25, 0.3) is 0 Å². The van der Waals surface area contributed by atoms with Crippen molar-refractivity contribution >= 4 is 16.8 Å². The number of ether oxygens (including phenoxy) is 2. The summed E-state index contributed by atoms with van der Waals surface area (Å²) in [6.45, 7) is 6.76. The van der Waals surface area contributed by atoms with Gasteiger partial charge in [-0.05, 0) is 81.0 Å². The third-order valence-electron chi connectivity index (χ3n) is 7.72. The maximum atomic E-state index is 12.3. The van der Waals surface area contributed by atoms with Crippen molar-refractivity contribution < 1.29 is 14.3 Å². The van der Waals surface area contributed by atoms with E-state index in [1.54, 1.807) is 7.11 Å². The number of hydrogen-bond acceptors (Lipinski definition) is 5. The number of aryl methyl sites for hydroxylation is 1. The minimum absolute atomic E-state index is 0.179. The standard InChI is InChI=1S/C29H43N3O3/c1-3-4-6-23-19-25-7-5-14-30-28(25)27(20-23)35-26-12-16-32(17-13-26)21-22-8-10-24(11-9-22)29(33)31-15-18-34-2/h5,7,14,19-20,22,24,26H,3-4,6,8-13,15-18,21H2,1-2H3,(H,31,33). The summed E-state index contributed by atoms with van der Waals surface area (Å²) in [4.78, 5) is 19.6. The predicted octanol–water partition coefficient (Wildman–Crippen LogP) is 4.99. The molecule has 0 bridgehead atoms. The molecule has 0 unspecified atom stereocenters. The number of likely N-dealkylation sites (tertiary alicyclic amines) is 1. The number of carbonyl (C=O) groups excluding carboxylic acids is 1. The molecule has 1 N–H and O–H groups in total. The maximum Gasteiger partial charge on any atom is 0.223 e. The van der Waals surface area contributed by atoms with E-state index in [4.69, 9.17) is 9.47 Å². The zero-order valence-corrected chi connectivity index (χ0v) is 21.6. The number of fused-ring (bicyclic) bond motifs is 1. The molecule has 0 atom stereocenters. The van der Waals surface area contributed by atoms with Crippen LogP contribution in [-0.4, -0.2) is 61.8 Å².